The third-order valence-corrected chi connectivity index (χ3v) is 10.6. The highest BCUT2D eigenvalue weighted by atomic mass is 31.2. The number of nitrogens with one attached hydrogen (secondary N) is 2. The van der Waals surface area contributed by atoms with E-state index in [-0.39, 0.29) is 31.7 Å². The second-order valence-electron chi connectivity index (χ2n) is 13.3. The van der Waals surface area contributed by atoms with Gasteiger partial charge in [-0.05, 0) is 55.3 Å². The number of hydrogen-bond donors (Lipinski definition) is 2. The molecule has 4 aromatic carbocycles. The highest BCUT2D eigenvalue weighted by Gasteiger charge is 2.33. The standard InChI is InChI=1S/C42H44N7O7P/c1-52-38-22-36-37(45-30-46-40(36)47-34-24-43-42(44-25-34)48-41(50)33-18-10-4-11-19-33)23-39(38)53-29-35(26-49-20-12-5-13-21-49)56-57(51,54-27-31-14-6-2-7-15-31)55-28-32-16-8-3-9-17-32/h2-4,6-11,14-19,22-25,30,35H,5,12-13,20-21,26-29H2,1H3,(H,45,46,47)(H,43,44,48,50). The van der Waals surface area contributed by atoms with Gasteiger partial charge in [-0.3, -0.25) is 23.7 Å². The Morgan fingerprint density at radius 3 is 2.05 bits per heavy atom. The number of carbonyl (C=O) groups is 1. The first-order valence-corrected chi connectivity index (χ1v) is 20.2. The number of phosphoric ester groups is 1. The molecule has 2 N–H and O–H groups in total. The van der Waals surface area contributed by atoms with E-state index >= 15 is 0 Å². The highest BCUT2D eigenvalue weighted by Crippen LogP contribution is 2.52. The summed E-state index contributed by atoms with van der Waals surface area (Å²) in [5.74, 6) is 1.17. The van der Waals surface area contributed by atoms with Crippen LogP contribution in [0.4, 0.5) is 17.5 Å². The molecular weight excluding hydrogens is 745 g/mol. The zero-order valence-electron chi connectivity index (χ0n) is 31.5. The molecule has 1 aliphatic heterocycles. The van der Waals surface area contributed by atoms with E-state index in [1.165, 1.54) is 6.33 Å². The van der Waals surface area contributed by atoms with E-state index in [1.54, 1.807) is 55.9 Å². The van der Waals surface area contributed by atoms with Crippen LogP contribution in [0.3, 0.4) is 0 Å². The van der Waals surface area contributed by atoms with E-state index in [0.29, 0.717) is 46.0 Å². The Kier molecular flexibility index (Phi) is 13.4. The fraction of sp³-hybridized carbons (Fsp3) is 0.262. The second kappa shape index (κ2) is 19.4. The molecule has 0 radical (unpaired) electrons. The summed E-state index contributed by atoms with van der Waals surface area (Å²) in [5, 5.41) is 6.57. The Balaban J connectivity index is 1.07. The van der Waals surface area contributed by atoms with E-state index in [1.807, 2.05) is 66.7 Å². The van der Waals surface area contributed by atoms with Gasteiger partial charge in [0.25, 0.3) is 5.91 Å². The van der Waals surface area contributed by atoms with Crippen LogP contribution in [-0.2, 0) is 31.4 Å². The number of ether oxygens (including phenoxy) is 2. The Hall–Kier alpha value is -5.76. The fourth-order valence-electron chi connectivity index (χ4n) is 6.26. The topological polar surface area (TPSA) is 159 Å². The molecule has 0 spiro atoms. The zero-order valence-corrected chi connectivity index (χ0v) is 32.4. The number of likely N-dealkylation sites (tertiary alicyclic amines) is 1. The average molecular weight is 790 g/mol. The van der Waals surface area contributed by atoms with E-state index in [4.69, 9.17) is 23.0 Å². The van der Waals surface area contributed by atoms with E-state index < -0.39 is 13.9 Å². The third-order valence-electron chi connectivity index (χ3n) is 9.17. The van der Waals surface area contributed by atoms with Crippen LogP contribution in [0.15, 0.2) is 122 Å². The molecule has 0 aliphatic carbocycles. The summed E-state index contributed by atoms with van der Waals surface area (Å²) in [7, 11) is -2.57. The molecule has 14 nitrogen and oxygen atoms in total. The molecule has 0 bridgehead atoms. The first-order valence-electron chi connectivity index (χ1n) is 18.7. The summed E-state index contributed by atoms with van der Waals surface area (Å²) in [6.45, 7) is 2.34. The van der Waals surface area contributed by atoms with Crippen LogP contribution in [0.5, 0.6) is 11.5 Å². The molecule has 1 amide bonds. The Bertz CT molecular complexity index is 2200. The lowest BCUT2D eigenvalue weighted by atomic mass is 10.1. The molecule has 3 heterocycles. The molecule has 1 atom stereocenters. The Morgan fingerprint density at radius 2 is 1.42 bits per heavy atom. The number of anilines is 3. The van der Waals surface area contributed by atoms with Crippen LogP contribution in [-0.4, -0.2) is 70.2 Å². The second-order valence-corrected chi connectivity index (χ2v) is 15.0. The maximum Gasteiger partial charge on any atom is 0.475 e. The van der Waals surface area contributed by atoms with Crippen molar-refractivity contribution in [2.75, 3.05) is 44.0 Å². The van der Waals surface area contributed by atoms with Gasteiger partial charge in [-0.15, -0.1) is 0 Å². The van der Waals surface area contributed by atoms with Crippen molar-refractivity contribution in [2.45, 2.75) is 38.6 Å². The van der Waals surface area contributed by atoms with Gasteiger partial charge in [0, 0.05) is 23.6 Å². The molecule has 0 saturated carbocycles. The number of phosphoric acid groups is 1. The molecule has 6 aromatic rings. The molecule has 7 rings (SSSR count). The minimum absolute atomic E-state index is 0.0203. The largest absolute Gasteiger partial charge is 0.493 e. The van der Waals surface area contributed by atoms with Gasteiger partial charge in [0.15, 0.2) is 11.5 Å². The molecule has 1 aliphatic rings. The molecular formula is C42H44N7O7P. The summed E-state index contributed by atoms with van der Waals surface area (Å²) < 4.78 is 44.9. The lowest BCUT2D eigenvalue weighted by molar-refractivity contribution is 0.0265. The molecule has 15 heteroatoms. The number of nitrogens with zero attached hydrogens (tertiary/aromatic N) is 5. The number of benzene rings is 4. The van der Waals surface area contributed by atoms with Crippen LogP contribution in [0.1, 0.15) is 40.7 Å². The van der Waals surface area contributed by atoms with Crippen molar-refractivity contribution in [1.29, 1.82) is 0 Å². The van der Waals surface area contributed by atoms with Crippen molar-refractivity contribution in [2.24, 2.45) is 0 Å². The van der Waals surface area contributed by atoms with Crippen LogP contribution in [0, 0.1) is 0 Å². The maximum atomic E-state index is 14.4. The molecule has 294 valence electrons. The van der Waals surface area contributed by atoms with E-state index in [9.17, 15) is 9.36 Å². The lowest BCUT2D eigenvalue weighted by Crippen LogP contribution is -2.40. The average Bonchev–Trinajstić information content (AvgIpc) is 3.26. The van der Waals surface area contributed by atoms with Crippen molar-refractivity contribution in [3.05, 3.63) is 139 Å². The first kappa shape index (κ1) is 39.5. The van der Waals surface area contributed by atoms with Crippen LogP contribution in [0.25, 0.3) is 10.9 Å². The zero-order chi connectivity index (χ0) is 39.3. The van der Waals surface area contributed by atoms with Crippen LogP contribution < -0.4 is 20.1 Å². The van der Waals surface area contributed by atoms with Crippen LogP contribution >= 0.6 is 7.82 Å². The Labute approximate surface area is 331 Å². The molecule has 2 aromatic heterocycles. The molecule has 1 unspecified atom stereocenters. The summed E-state index contributed by atoms with van der Waals surface area (Å²) >= 11 is 0. The minimum Gasteiger partial charge on any atom is -0.493 e. The number of piperidine rings is 1. The van der Waals surface area contributed by atoms with Gasteiger partial charge in [0.1, 0.15) is 24.9 Å². The third kappa shape index (κ3) is 11.2. The van der Waals surface area contributed by atoms with Gasteiger partial charge in [0.05, 0.1) is 43.9 Å². The number of fused-ring (bicyclic) bond motifs is 1. The van der Waals surface area contributed by atoms with Crippen LogP contribution in [0.2, 0.25) is 0 Å². The normalized spacial score (nSPS) is 13.8. The summed E-state index contributed by atoms with van der Waals surface area (Å²) in [5.41, 5.74) is 3.29. The van der Waals surface area contributed by atoms with Gasteiger partial charge < -0.3 is 19.7 Å². The minimum atomic E-state index is -4.12. The number of amides is 1. The number of carbonyl (C=O) groups excluding carboxylic acids is 1. The molecule has 1 saturated heterocycles. The first-order chi connectivity index (χ1) is 27.9. The van der Waals surface area contributed by atoms with Gasteiger partial charge in [-0.25, -0.2) is 24.5 Å². The number of hydrogen-bond acceptors (Lipinski definition) is 13. The summed E-state index contributed by atoms with van der Waals surface area (Å²) in [6, 6.07) is 31.3. The summed E-state index contributed by atoms with van der Waals surface area (Å²) in [6.07, 6.45) is 7.13. The SMILES string of the molecule is COc1cc2c(Nc3cnc(NC(=O)c4ccccc4)nc3)ncnc2cc1OCC(CN1CCCCC1)OP(=O)(OCc1ccccc1)OCc1ccccc1. The number of methoxy groups -OCH3 is 1. The van der Waals surface area contributed by atoms with Gasteiger partial charge in [-0.2, -0.15) is 0 Å². The predicted molar refractivity (Wildman–Crippen MR) is 217 cm³/mol. The number of rotatable bonds is 18. The van der Waals surface area contributed by atoms with Crippen molar-refractivity contribution in [3.8, 4) is 11.5 Å². The quantitative estimate of drug-likeness (QED) is 0.0803. The van der Waals surface area contributed by atoms with Gasteiger partial charge in [-0.1, -0.05) is 85.3 Å². The maximum absolute atomic E-state index is 14.4. The van der Waals surface area contributed by atoms with Crippen molar-refractivity contribution in [1.82, 2.24) is 24.8 Å². The van der Waals surface area contributed by atoms with Crippen molar-refractivity contribution >= 4 is 42.1 Å². The van der Waals surface area contributed by atoms with E-state index in [0.717, 1.165) is 43.5 Å². The predicted octanol–water partition coefficient (Wildman–Crippen LogP) is 8.22. The van der Waals surface area contributed by atoms with Gasteiger partial charge >= 0.3 is 7.82 Å². The van der Waals surface area contributed by atoms with Crippen molar-refractivity contribution < 1.29 is 32.4 Å². The van der Waals surface area contributed by atoms with Crippen molar-refractivity contribution in [3.63, 3.8) is 0 Å². The summed E-state index contributed by atoms with van der Waals surface area (Å²) in [4.78, 5) is 32.3. The lowest BCUT2D eigenvalue weighted by Gasteiger charge is -2.31. The Morgan fingerprint density at radius 1 is 0.789 bits per heavy atom. The number of aromatic nitrogens is 4. The molecule has 1 fully saturated rings. The highest BCUT2D eigenvalue weighted by molar-refractivity contribution is 7.48. The fourth-order valence-corrected chi connectivity index (χ4v) is 7.56. The van der Waals surface area contributed by atoms with E-state index in [2.05, 4.69) is 35.5 Å². The molecule has 57 heavy (non-hydrogen) atoms. The van der Waals surface area contributed by atoms with Gasteiger partial charge in [0.2, 0.25) is 5.95 Å². The smallest absolute Gasteiger partial charge is 0.475 e. The monoisotopic (exact) mass is 789 g/mol.